The van der Waals surface area contributed by atoms with Crippen LogP contribution in [-0.4, -0.2) is 43.8 Å². The number of aromatic nitrogens is 4. The predicted molar refractivity (Wildman–Crippen MR) is 79.4 cm³/mol. The molecule has 0 bridgehead atoms. The van der Waals surface area contributed by atoms with E-state index in [-0.39, 0.29) is 23.8 Å². The zero-order valence-corrected chi connectivity index (χ0v) is 13.0. The van der Waals surface area contributed by atoms with Gasteiger partial charge in [-0.1, -0.05) is 0 Å². The molecule has 0 saturated carbocycles. The number of nitrogen functional groups attached to an aromatic ring is 1. The molecule has 2 atom stereocenters. The third-order valence-electron chi connectivity index (χ3n) is 3.37. The lowest BCUT2D eigenvalue weighted by atomic mass is 10.2. The van der Waals surface area contributed by atoms with Crippen molar-refractivity contribution in [2.24, 2.45) is 0 Å². The topological polar surface area (TPSA) is 108 Å². The van der Waals surface area contributed by atoms with E-state index in [4.69, 9.17) is 15.2 Å². The van der Waals surface area contributed by atoms with Gasteiger partial charge in [-0.05, 0) is 27.7 Å². The van der Waals surface area contributed by atoms with Crippen LogP contribution in [0.2, 0.25) is 0 Å². The summed E-state index contributed by atoms with van der Waals surface area (Å²) in [5.41, 5.74) is 6.10. The van der Waals surface area contributed by atoms with Crippen LogP contribution in [0.5, 0.6) is 0 Å². The minimum atomic E-state index is -0.624. The fraction of sp³-hybridized carbons (Fsp3) is 0.571. The van der Waals surface area contributed by atoms with Crippen LogP contribution in [0.25, 0.3) is 11.2 Å². The standard InChI is InChI=1S/C14H19N5O3/c1-7(8-5-21-8)19-6-16-9-10(12(20)22-14(2,3)4)17-13(15)18-11(9)19/h6-8H,5H2,1-4H3,(H2,15,17,18)/t7?,8-/m0/s1. The number of carbonyl (C=O) groups is 1. The van der Waals surface area contributed by atoms with Crippen molar-refractivity contribution in [3.8, 4) is 0 Å². The number of imidazole rings is 1. The van der Waals surface area contributed by atoms with Crippen LogP contribution in [0.1, 0.15) is 44.2 Å². The largest absolute Gasteiger partial charge is 0.455 e. The number of fused-ring (bicyclic) bond motifs is 1. The van der Waals surface area contributed by atoms with Crippen molar-refractivity contribution in [2.45, 2.75) is 45.4 Å². The van der Waals surface area contributed by atoms with Crippen molar-refractivity contribution in [2.75, 3.05) is 12.3 Å². The number of nitrogens with zero attached hydrogens (tertiary/aromatic N) is 4. The van der Waals surface area contributed by atoms with Gasteiger partial charge in [-0.25, -0.2) is 14.8 Å². The van der Waals surface area contributed by atoms with Gasteiger partial charge in [0.1, 0.15) is 17.2 Å². The molecular weight excluding hydrogens is 286 g/mol. The lowest BCUT2D eigenvalue weighted by Gasteiger charge is -2.19. The molecule has 3 rings (SSSR count). The Hall–Kier alpha value is -2.22. The van der Waals surface area contributed by atoms with E-state index in [2.05, 4.69) is 15.0 Å². The molecule has 1 aliphatic rings. The fourth-order valence-electron chi connectivity index (χ4n) is 2.21. The summed E-state index contributed by atoms with van der Waals surface area (Å²) in [5, 5.41) is 0. The van der Waals surface area contributed by atoms with Crippen molar-refractivity contribution in [1.29, 1.82) is 0 Å². The van der Waals surface area contributed by atoms with Crippen molar-refractivity contribution in [3.63, 3.8) is 0 Å². The summed E-state index contributed by atoms with van der Waals surface area (Å²) in [4.78, 5) is 24.8. The maximum atomic E-state index is 12.3. The maximum Gasteiger partial charge on any atom is 0.360 e. The Kier molecular flexibility index (Phi) is 3.28. The molecule has 0 amide bonds. The second kappa shape index (κ2) is 4.91. The molecule has 2 N–H and O–H groups in total. The predicted octanol–water partition coefficient (Wildman–Crippen LogP) is 1.32. The molecule has 0 radical (unpaired) electrons. The van der Waals surface area contributed by atoms with E-state index < -0.39 is 11.6 Å². The number of esters is 1. The van der Waals surface area contributed by atoms with Crippen molar-refractivity contribution in [1.82, 2.24) is 19.5 Å². The van der Waals surface area contributed by atoms with E-state index in [9.17, 15) is 4.79 Å². The SMILES string of the molecule is CC([C@@H]1CO1)n1cnc2c(C(=O)OC(C)(C)C)nc(N)nc21. The monoisotopic (exact) mass is 305 g/mol. The molecular formula is C14H19N5O3. The first-order valence-electron chi connectivity index (χ1n) is 7.11. The first kappa shape index (κ1) is 14.7. The summed E-state index contributed by atoms with van der Waals surface area (Å²) in [6.45, 7) is 8.08. The van der Waals surface area contributed by atoms with Crippen LogP contribution in [0.15, 0.2) is 6.33 Å². The van der Waals surface area contributed by atoms with E-state index in [1.807, 2.05) is 11.5 Å². The van der Waals surface area contributed by atoms with E-state index >= 15 is 0 Å². The zero-order valence-electron chi connectivity index (χ0n) is 13.0. The summed E-state index contributed by atoms with van der Waals surface area (Å²) >= 11 is 0. The van der Waals surface area contributed by atoms with Gasteiger partial charge in [0.2, 0.25) is 5.95 Å². The second-order valence-corrected chi connectivity index (χ2v) is 6.37. The number of nitrogens with two attached hydrogens (primary N) is 1. The highest BCUT2D eigenvalue weighted by Gasteiger charge is 2.33. The van der Waals surface area contributed by atoms with Gasteiger partial charge < -0.3 is 19.8 Å². The first-order chi connectivity index (χ1) is 10.3. The Morgan fingerprint density at radius 1 is 1.50 bits per heavy atom. The van der Waals surface area contributed by atoms with Gasteiger partial charge in [-0.15, -0.1) is 0 Å². The fourth-order valence-corrected chi connectivity index (χ4v) is 2.21. The van der Waals surface area contributed by atoms with Crippen molar-refractivity contribution < 1.29 is 14.3 Å². The molecule has 2 aromatic heterocycles. The number of hydrogen-bond donors (Lipinski definition) is 1. The lowest BCUT2D eigenvalue weighted by molar-refractivity contribution is 0.00651. The molecule has 8 nitrogen and oxygen atoms in total. The van der Waals surface area contributed by atoms with Gasteiger partial charge in [-0.2, -0.15) is 4.98 Å². The summed E-state index contributed by atoms with van der Waals surface area (Å²) < 4.78 is 12.5. The van der Waals surface area contributed by atoms with Gasteiger partial charge in [0.15, 0.2) is 11.3 Å². The first-order valence-corrected chi connectivity index (χ1v) is 7.11. The summed E-state index contributed by atoms with van der Waals surface area (Å²) in [6, 6.07) is 0.0609. The molecule has 8 heteroatoms. The molecule has 1 aliphatic heterocycles. The van der Waals surface area contributed by atoms with Crippen LogP contribution < -0.4 is 5.73 Å². The zero-order chi connectivity index (χ0) is 16.1. The highest BCUT2D eigenvalue weighted by Crippen LogP contribution is 2.28. The molecule has 0 spiro atoms. The van der Waals surface area contributed by atoms with Gasteiger partial charge >= 0.3 is 5.97 Å². The smallest absolute Gasteiger partial charge is 0.360 e. The Bertz CT molecular complexity index is 730. The highest BCUT2D eigenvalue weighted by molar-refractivity contribution is 5.99. The second-order valence-electron chi connectivity index (χ2n) is 6.37. The maximum absolute atomic E-state index is 12.3. The minimum absolute atomic E-state index is 0.0130. The van der Waals surface area contributed by atoms with Crippen molar-refractivity contribution >= 4 is 23.1 Å². The number of epoxide rings is 1. The lowest BCUT2D eigenvalue weighted by Crippen LogP contribution is -2.25. The molecule has 22 heavy (non-hydrogen) atoms. The highest BCUT2D eigenvalue weighted by atomic mass is 16.6. The molecule has 2 aromatic rings. The minimum Gasteiger partial charge on any atom is -0.455 e. The molecule has 1 fully saturated rings. The summed E-state index contributed by atoms with van der Waals surface area (Å²) in [7, 11) is 0. The third-order valence-corrected chi connectivity index (χ3v) is 3.37. The number of rotatable bonds is 3. The summed E-state index contributed by atoms with van der Waals surface area (Å²) in [5.74, 6) is -0.550. The normalized spacial score (nSPS) is 19.2. The van der Waals surface area contributed by atoms with Crippen molar-refractivity contribution in [3.05, 3.63) is 12.0 Å². The quantitative estimate of drug-likeness (QED) is 0.673. The van der Waals surface area contributed by atoms with E-state index in [0.717, 1.165) is 0 Å². The number of hydrogen-bond acceptors (Lipinski definition) is 7. The molecule has 0 aliphatic carbocycles. The van der Waals surface area contributed by atoms with Crippen LogP contribution in [0, 0.1) is 0 Å². The Morgan fingerprint density at radius 3 is 2.77 bits per heavy atom. The Morgan fingerprint density at radius 2 is 2.18 bits per heavy atom. The Balaban J connectivity index is 2.06. The van der Waals surface area contributed by atoms with E-state index in [1.54, 1.807) is 27.1 Å². The van der Waals surface area contributed by atoms with E-state index in [0.29, 0.717) is 17.8 Å². The third kappa shape index (κ3) is 2.74. The van der Waals surface area contributed by atoms with Crippen LogP contribution in [-0.2, 0) is 9.47 Å². The van der Waals surface area contributed by atoms with Gasteiger partial charge in [0, 0.05) is 0 Å². The van der Waals surface area contributed by atoms with Gasteiger partial charge in [0.05, 0.1) is 19.0 Å². The van der Waals surface area contributed by atoms with Crippen LogP contribution in [0.3, 0.4) is 0 Å². The van der Waals surface area contributed by atoms with Crippen LogP contribution >= 0.6 is 0 Å². The number of anilines is 1. The average Bonchev–Trinajstić information content (AvgIpc) is 3.16. The molecule has 0 aromatic carbocycles. The average molecular weight is 305 g/mol. The van der Waals surface area contributed by atoms with E-state index in [1.165, 1.54) is 0 Å². The molecule has 1 saturated heterocycles. The molecule has 1 unspecified atom stereocenters. The molecule has 3 heterocycles. The Labute approximate surface area is 127 Å². The number of carbonyl (C=O) groups excluding carboxylic acids is 1. The van der Waals surface area contributed by atoms with Gasteiger partial charge in [0.25, 0.3) is 0 Å². The summed E-state index contributed by atoms with van der Waals surface area (Å²) in [6.07, 6.45) is 1.76. The van der Waals surface area contributed by atoms with Crippen LogP contribution in [0.4, 0.5) is 5.95 Å². The number of ether oxygens (including phenoxy) is 2. The molecule has 118 valence electrons. The van der Waals surface area contributed by atoms with Gasteiger partial charge in [-0.3, -0.25) is 0 Å².